The van der Waals surface area contributed by atoms with E-state index in [1.165, 1.54) is 70.6 Å². The maximum absolute atomic E-state index is 8.74. The van der Waals surface area contributed by atoms with Gasteiger partial charge in [0.1, 0.15) is 0 Å². The van der Waals surface area contributed by atoms with E-state index < -0.39 is 10.4 Å². The van der Waals surface area contributed by atoms with E-state index in [-0.39, 0.29) is 0 Å². The van der Waals surface area contributed by atoms with Gasteiger partial charge in [0.05, 0.1) is 0 Å². The molecule has 112 valence electrons. The summed E-state index contributed by atoms with van der Waals surface area (Å²) < 4.78 is 33.1. The molecule has 0 aromatic rings. The second-order valence-corrected chi connectivity index (χ2v) is 7.44. The minimum absolute atomic E-state index is 1.10. The molecule has 0 aliphatic carbocycles. The third kappa shape index (κ3) is 38.2. The topological polar surface area (TPSA) is 74.6 Å². The third-order valence-corrected chi connectivity index (χ3v) is 4.06. The van der Waals surface area contributed by atoms with Crippen LogP contribution in [0, 0.1) is 0 Å². The van der Waals surface area contributed by atoms with Crippen LogP contribution in [0.15, 0.2) is 0 Å². The predicted molar refractivity (Wildman–Crippen MR) is 81.2 cm³/mol. The van der Waals surface area contributed by atoms with Crippen molar-refractivity contribution >= 4 is 59.4 Å². The zero-order chi connectivity index (χ0) is 15.0. The summed E-state index contributed by atoms with van der Waals surface area (Å²) in [6.45, 7) is 2.29. The van der Waals surface area contributed by atoms with Crippen LogP contribution in [0.25, 0.3) is 0 Å². The maximum atomic E-state index is 8.74. The number of rotatable bonds is 11. The zero-order valence-electron chi connectivity index (χ0n) is 12.6. The fraction of sp³-hybridized carbons (Fsp3) is 1.00. The normalized spacial score (nSPS) is 11.0. The fourth-order valence-electron chi connectivity index (χ4n) is 1.91. The Labute approximate surface area is 153 Å². The second kappa shape index (κ2) is 17.6. The molecule has 0 spiro atoms. The zero-order valence-corrected chi connectivity index (χ0v) is 16.5. The molecule has 0 aliphatic heterocycles. The molecule has 0 atom stereocenters. The van der Waals surface area contributed by atoms with Gasteiger partial charge in [-0.2, -0.15) is 8.42 Å². The molecular weight excluding hydrogens is 291 g/mol. The van der Waals surface area contributed by atoms with Gasteiger partial charge in [-0.3, -0.25) is 9.11 Å². The van der Waals surface area contributed by atoms with E-state index in [9.17, 15) is 0 Å². The Morgan fingerprint density at radius 3 is 1.26 bits per heavy atom. The summed E-state index contributed by atoms with van der Waals surface area (Å²) in [5, 5.41) is 0. The van der Waals surface area contributed by atoms with Crippen LogP contribution in [-0.2, 0) is 10.4 Å². The van der Waals surface area contributed by atoms with E-state index in [0.717, 1.165) is 49.0 Å². The number of hydrogen-bond acceptors (Lipinski definition) is 2. The molecule has 6 heteroatoms. The van der Waals surface area contributed by atoms with Crippen LogP contribution >= 0.6 is 0 Å². The van der Waals surface area contributed by atoms with Gasteiger partial charge < -0.3 is 0 Å². The van der Waals surface area contributed by atoms with Crippen LogP contribution in [0.3, 0.4) is 0 Å². The van der Waals surface area contributed by atoms with Gasteiger partial charge >= 0.3 is 130 Å². The van der Waals surface area contributed by atoms with E-state index >= 15 is 0 Å². The molecule has 0 aromatic heterocycles. The van der Waals surface area contributed by atoms with Gasteiger partial charge in [-0.1, -0.05) is 6.92 Å². The molecule has 0 saturated heterocycles. The smallest absolute Gasteiger partial charge is 0.264 e. The Bertz CT molecular complexity index is 235. The summed E-state index contributed by atoms with van der Waals surface area (Å²) in [4.78, 5) is 0. The second-order valence-electron chi connectivity index (χ2n) is 4.98. The van der Waals surface area contributed by atoms with Gasteiger partial charge in [-0.15, -0.1) is 0 Å². The van der Waals surface area contributed by atoms with Crippen molar-refractivity contribution in [3.8, 4) is 0 Å². The summed E-state index contributed by atoms with van der Waals surface area (Å²) >= 11 is 1.10. The van der Waals surface area contributed by atoms with Crippen molar-refractivity contribution < 1.29 is 17.5 Å². The van der Waals surface area contributed by atoms with Crippen LogP contribution in [0.5, 0.6) is 0 Å². The maximum Gasteiger partial charge on any atom is 0.394 e. The van der Waals surface area contributed by atoms with Crippen molar-refractivity contribution in [2.45, 2.75) is 78.1 Å². The molecule has 0 radical (unpaired) electrons. The minimum Gasteiger partial charge on any atom is -0.264 e. The third-order valence-electron chi connectivity index (χ3n) is 2.96. The Morgan fingerprint density at radius 2 is 1.00 bits per heavy atom. The molecule has 0 amide bonds. The van der Waals surface area contributed by atoms with Crippen LogP contribution < -0.4 is 0 Å². The van der Waals surface area contributed by atoms with Gasteiger partial charge in [-0.25, -0.2) is 0 Å². The Hall–Kier alpha value is 1.51. The van der Waals surface area contributed by atoms with Gasteiger partial charge in [0, 0.05) is 0 Å². The van der Waals surface area contributed by atoms with Gasteiger partial charge in [0.15, 0.2) is 0 Å². The first-order valence-corrected chi connectivity index (χ1v) is 11.2. The summed E-state index contributed by atoms with van der Waals surface area (Å²) in [5.41, 5.74) is 0. The SMILES string of the molecule is CCCCCCCCCCCC[CH2][K].O=S(=O)(O)O. The molecule has 0 heterocycles. The molecule has 0 saturated carbocycles. The first kappa shape index (κ1) is 22.8. The van der Waals surface area contributed by atoms with Crippen molar-refractivity contribution in [2.75, 3.05) is 0 Å². The molecule has 0 unspecified atom stereocenters. The van der Waals surface area contributed by atoms with Crippen LogP contribution in [0.4, 0.5) is 0 Å². The average molecular weight is 321 g/mol. The van der Waals surface area contributed by atoms with E-state index in [4.69, 9.17) is 17.5 Å². The molecule has 19 heavy (non-hydrogen) atoms. The van der Waals surface area contributed by atoms with Crippen molar-refractivity contribution in [1.82, 2.24) is 0 Å². The molecule has 0 rings (SSSR count). The summed E-state index contributed by atoms with van der Waals surface area (Å²) in [7, 11) is -4.67. The van der Waals surface area contributed by atoms with Crippen molar-refractivity contribution in [2.24, 2.45) is 0 Å². The summed E-state index contributed by atoms with van der Waals surface area (Å²) in [6, 6.07) is 0. The first-order valence-electron chi connectivity index (χ1n) is 7.61. The molecular formula is C13H29KO4S. The standard InChI is InChI=1S/C13H27.K.H2O4S/c1-3-5-7-9-11-13-12-10-8-6-4-2;;1-5(2,3)4/h1,3-13H2,2H3;;(H2,1,2,3,4). The number of hydrogen-bond donors (Lipinski definition) is 2. The largest absolute Gasteiger partial charge is 0.394 e. The summed E-state index contributed by atoms with van der Waals surface area (Å²) in [6.07, 6.45) is 16.3. The average Bonchev–Trinajstić information content (AvgIpc) is 2.29. The van der Waals surface area contributed by atoms with Crippen LogP contribution in [-0.4, -0.2) is 66.5 Å². The van der Waals surface area contributed by atoms with E-state index in [1.807, 2.05) is 0 Å². The Balaban J connectivity index is 0. The van der Waals surface area contributed by atoms with Gasteiger partial charge in [0.25, 0.3) is 0 Å². The monoisotopic (exact) mass is 320 g/mol. The fourth-order valence-corrected chi connectivity index (χ4v) is 2.69. The van der Waals surface area contributed by atoms with E-state index in [1.54, 1.807) is 0.515 Å². The van der Waals surface area contributed by atoms with Gasteiger partial charge in [0.2, 0.25) is 0 Å². The Morgan fingerprint density at radius 1 is 0.737 bits per heavy atom. The summed E-state index contributed by atoms with van der Waals surface area (Å²) in [5.74, 6) is 0. The van der Waals surface area contributed by atoms with Crippen molar-refractivity contribution in [3.63, 3.8) is 0 Å². The van der Waals surface area contributed by atoms with E-state index in [0.29, 0.717) is 0 Å². The quantitative estimate of drug-likeness (QED) is 0.339. The van der Waals surface area contributed by atoms with Gasteiger partial charge in [-0.05, 0) is 0 Å². The number of unbranched alkanes of at least 4 members (excludes halogenated alkanes) is 10. The predicted octanol–water partition coefficient (Wildman–Crippen LogP) is 4.23. The first-order chi connectivity index (χ1) is 8.91. The molecule has 0 bridgehead atoms. The van der Waals surface area contributed by atoms with Crippen molar-refractivity contribution in [1.29, 1.82) is 0 Å². The molecule has 2 N–H and O–H groups in total. The molecule has 0 aromatic carbocycles. The minimum atomic E-state index is -4.67. The Kier molecular flexibility index (Phi) is 21.1. The molecule has 0 fully saturated rings. The molecule has 4 nitrogen and oxygen atoms in total. The van der Waals surface area contributed by atoms with Crippen molar-refractivity contribution in [3.05, 3.63) is 0 Å². The molecule has 0 aliphatic rings. The van der Waals surface area contributed by atoms with Crippen LogP contribution in [0.1, 0.15) is 77.6 Å². The van der Waals surface area contributed by atoms with Crippen LogP contribution in [0.2, 0.25) is 0.515 Å². The van der Waals surface area contributed by atoms with E-state index in [2.05, 4.69) is 6.92 Å².